The van der Waals surface area contributed by atoms with Gasteiger partial charge in [-0.3, -0.25) is 4.79 Å². The Labute approximate surface area is 242 Å². The molecule has 0 spiro atoms. The van der Waals surface area contributed by atoms with Crippen molar-refractivity contribution in [3.63, 3.8) is 0 Å². The first kappa shape index (κ1) is 26.2. The molecule has 6 aromatic carbocycles. The van der Waals surface area contributed by atoms with Gasteiger partial charge >= 0.3 is 0 Å². The van der Waals surface area contributed by atoms with Crippen LogP contribution in [0, 0.1) is 0 Å². The average molecular weight is 529 g/mol. The van der Waals surface area contributed by atoms with E-state index in [1.807, 2.05) is 72.8 Å². The van der Waals surface area contributed by atoms with Gasteiger partial charge in [-0.25, -0.2) is 0 Å². The predicted octanol–water partition coefficient (Wildman–Crippen LogP) is 9.01. The van der Waals surface area contributed by atoms with Crippen LogP contribution in [0.25, 0.3) is 0 Å². The van der Waals surface area contributed by atoms with Crippen molar-refractivity contribution in [3.8, 4) is 0 Å². The normalized spacial score (nSPS) is 11.6. The summed E-state index contributed by atoms with van der Waals surface area (Å²) in [5.41, 5.74) is 4.45. The molecule has 0 atom stereocenters. The molecular weight excluding hydrogens is 496 g/mol. The molecule has 0 aliphatic carbocycles. The molecular formula is C40H32O. The molecule has 0 saturated heterocycles. The number of hydrogen-bond acceptors (Lipinski definition) is 1. The molecule has 0 N–H and O–H groups in total. The summed E-state index contributed by atoms with van der Waals surface area (Å²) in [6.45, 7) is 0. The topological polar surface area (TPSA) is 17.1 Å². The van der Waals surface area contributed by atoms with Crippen LogP contribution in [-0.4, -0.2) is 5.78 Å². The van der Waals surface area contributed by atoms with E-state index in [1.54, 1.807) is 0 Å². The SMILES string of the molecule is O=C(CC(c1ccccc1)(c1ccccc1)c1ccccc1)C(c1ccccc1)(c1ccccc1)c1ccccc1. The lowest BCUT2D eigenvalue weighted by molar-refractivity contribution is -0.122. The molecule has 0 heterocycles. The van der Waals surface area contributed by atoms with Crippen molar-refractivity contribution < 1.29 is 4.79 Å². The Hall–Kier alpha value is -5.01. The van der Waals surface area contributed by atoms with E-state index in [0.29, 0.717) is 0 Å². The molecule has 0 unspecified atom stereocenters. The summed E-state index contributed by atoms with van der Waals surface area (Å²) < 4.78 is 0. The van der Waals surface area contributed by atoms with Crippen LogP contribution >= 0.6 is 0 Å². The van der Waals surface area contributed by atoms with Gasteiger partial charge in [-0.15, -0.1) is 0 Å². The van der Waals surface area contributed by atoms with Gasteiger partial charge in [0.1, 0.15) is 5.41 Å². The Balaban J connectivity index is 1.67. The fraction of sp³-hybridized carbons (Fsp3) is 0.0750. The summed E-state index contributed by atoms with van der Waals surface area (Å²) in [7, 11) is 0. The smallest absolute Gasteiger partial charge is 0.153 e. The summed E-state index contributed by atoms with van der Waals surface area (Å²) >= 11 is 0. The highest BCUT2D eigenvalue weighted by atomic mass is 16.1. The van der Waals surface area contributed by atoms with E-state index in [4.69, 9.17) is 0 Å². The van der Waals surface area contributed by atoms with Crippen LogP contribution in [0.1, 0.15) is 39.8 Å². The lowest BCUT2D eigenvalue weighted by Crippen LogP contribution is -2.43. The van der Waals surface area contributed by atoms with Crippen LogP contribution in [0.2, 0.25) is 0 Å². The molecule has 0 saturated carbocycles. The van der Waals surface area contributed by atoms with Crippen LogP contribution in [0.3, 0.4) is 0 Å². The first-order chi connectivity index (χ1) is 20.3. The molecule has 0 aliphatic heterocycles. The van der Waals surface area contributed by atoms with Crippen molar-refractivity contribution in [1.29, 1.82) is 0 Å². The first-order valence-electron chi connectivity index (χ1n) is 14.1. The zero-order chi connectivity index (χ0) is 28.0. The highest BCUT2D eigenvalue weighted by Gasteiger charge is 2.48. The standard InChI is InChI=1S/C40H32O/c41-38(40(35-25-13-4-14-26-35,36-27-15-5-16-28-36)37-29-17-6-18-30-37)31-39(32-19-7-1-8-20-32,33-21-9-2-10-22-33)34-23-11-3-12-24-34/h1-30H,31H2. The Morgan fingerprint density at radius 3 is 0.805 bits per heavy atom. The van der Waals surface area contributed by atoms with Crippen molar-refractivity contribution in [3.05, 3.63) is 215 Å². The number of benzene rings is 6. The number of Topliss-reactive ketones (excluding diaryl/α,β-unsaturated/α-hetero) is 1. The van der Waals surface area contributed by atoms with Crippen molar-refractivity contribution in [1.82, 2.24) is 0 Å². The van der Waals surface area contributed by atoms with Crippen LogP contribution in [-0.2, 0) is 15.6 Å². The zero-order valence-corrected chi connectivity index (χ0v) is 22.9. The van der Waals surface area contributed by atoms with E-state index in [0.717, 1.165) is 33.4 Å². The zero-order valence-electron chi connectivity index (χ0n) is 22.9. The summed E-state index contributed by atoms with van der Waals surface area (Å²) in [4.78, 5) is 15.6. The van der Waals surface area contributed by atoms with Crippen LogP contribution in [0.15, 0.2) is 182 Å². The van der Waals surface area contributed by atoms with Gasteiger partial charge in [0.05, 0.1) is 5.41 Å². The third-order valence-corrected chi connectivity index (χ3v) is 8.26. The minimum Gasteiger partial charge on any atom is -0.298 e. The minimum absolute atomic E-state index is 0.137. The molecule has 1 nitrogen and oxygen atoms in total. The molecule has 6 rings (SSSR count). The third kappa shape index (κ3) is 4.70. The number of hydrogen-bond donors (Lipinski definition) is 0. The number of carbonyl (C=O) groups is 1. The van der Waals surface area contributed by atoms with Gasteiger partial charge < -0.3 is 0 Å². The molecule has 0 aliphatic rings. The highest BCUT2D eigenvalue weighted by Crippen LogP contribution is 2.48. The molecule has 0 bridgehead atoms. The Bertz CT molecular complexity index is 1490. The lowest BCUT2D eigenvalue weighted by Gasteiger charge is -2.41. The molecule has 6 aromatic rings. The average Bonchev–Trinajstić information content (AvgIpc) is 3.07. The van der Waals surface area contributed by atoms with Crippen LogP contribution < -0.4 is 0 Å². The van der Waals surface area contributed by atoms with Crippen molar-refractivity contribution in [2.24, 2.45) is 0 Å². The molecule has 1 heteroatoms. The third-order valence-electron chi connectivity index (χ3n) is 8.26. The second kappa shape index (κ2) is 11.6. The van der Waals surface area contributed by atoms with Gasteiger partial charge in [-0.2, -0.15) is 0 Å². The Morgan fingerprint density at radius 2 is 0.561 bits per heavy atom. The number of carbonyl (C=O) groups excluding carboxylic acids is 1. The van der Waals surface area contributed by atoms with Crippen LogP contribution in [0.5, 0.6) is 0 Å². The quantitative estimate of drug-likeness (QED) is 0.171. The van der Waals surface area contributed by atoms with Gasteiger partial charge in [0.25, 0.3) is 0 Å². The van der Waals surface area contributed by atoms with E-state index in [9.17, 15) is 0 Å². The van der Waals surface area contributed by atoms with Crippen molar-refractivity contribution in [2.45, 2.75) is 17.3 Å². The minimum atomic E-state index is -1.01. The van der Waals surface area contributed by atoms with Gasteiger partial charge in [0, 0.05) is 6.42 Å². The monoisotopic (exact) mass is 528 g/mol. The van der Waals surface area contributed by atoms with E-state index in [-0.39, 0.29) is 12.2 Å². The molecule has 0 fully saturated rings. The van der Waals surface area contributed by atoms with E-state index >= 15 is 4.79 Å². The van der Waals surface area contributed by atoms with Crippen molar-refractivity contribution >= 4 is 5.78 Å². The van der Waals surface area contributed by atoms with Gasteiger partial charge in [0.2, 0.25) is 0 Å². The van der Waals surface area contributed by atoms with Gasteiger partial charge in [-0.05, 0) is 33.4 Å². The second-order valence-electron chi connectivity index (χ2n) is 10.5. The summed E-state index contributed by atoms with van der Waals surface area (Å²) in [6, 6.07) is 62.2. The summed E-state index contributed by atoms with van der Waals surface area (Å²) in [5.74, 6) is 0.137. The Morgan fingerprint density at radius 1 is 0.341 bits per heavy atom. The number of rotatable bonds is 9. The van der Waals surface area contributed by atoms with Crippen molar-refractivity contribution in [2.75, 3.05) is 0 Å². The first-order valence-corrected chi connectivity index (χ1v) is 14.1. The fourth-order valence-corrected chi connectivity index (χ4v) is 6.40. The van der Waals surface area contributed by atoms with E-state index < -0.39 is 10.8 Å². The molecule has 0 radical (unpaired) electrons. The molecule has 41 heavy (non-hydrogen) atoms. The summed E-state index contributed by atoms with van der Waals surface area (Å²) in [5, 5.41) is 0. The van der Waals surface area contributed by atoms with Gasteiger partial charge in [0.15, 0.2) is 5.78 Å². The maximum Gasteiger partial charge on any atom is 0.153 e. The predicted molar refractivity (Wildman–Crippen MR) is 168 cm³/mol. The lowest BCUT2D eigenvalue weighted by atomic mass is 9.59. The number of ketones is 1. The molecule has 198 valence electrons. The highest BCUT2D eigenvalue weighted by molar-refractivity contribution is 5.99. The van der Waals surface area contributed by atoms with Gasteiger partial charge in [-0.1, -0.05) is 182 Å². The summed E-state index contributed by atoms with van der Waals surface area (Å²) in [6.07, 6.45) is 0.268. The fourth-order valence-electron chi connectivity index (χ4n) is 6.40. The molecule has 0 aromatic heterocycles. The maximum absolute atomic E-state index is 15.6. The largest absolute Gasteiger partial charge is 0.298 e. The van der Waals surface area contributed by atoms with Crippen LogP contribution in [0.4, 0.5) is 0 Å². The van der Waals surface area contributed by atoms with E-state index in [2.05, 4.69) is 109 Å². The maximum atomic E-state index is 15.6. The molecule has 0 amide bonds. The van der Waals surface area contributed by atoms with E-state index in [1.165, 1.54) is 0 Å². The Kier molecular flexibility index (Phi) is 7.43. The second-order valence-corrected chi connectivity index (χ2v) is 10.5.